The van der Waals surface area contributed by atoms with Crippen molar-refractivity contribution >= 4 is 29.5 Å². The van der Waals surface area contributed by atoms with Crippen LogP contribution in [0.25, 0.3) is 0 Å². The number of fused-ring (bicyclic) bond motifs is 1. The predicted octanol–water partition coefficient (Wildman–Crippen LogP) is 0.878. The summed E-state index contributed by atoms with van der Waals surface area (Å²) in [5.74, 6) is -0.350. The summed E-state index contributed by atoms with van der Waals surface area (Å²) in [4.78, 5) is 25.1. The van der Waals surface area contributed by atoms with Crippen LogP contribution in [0.5, 0.6) is 5.88 Å². The van der Waals surface area contributed by atoms with Crippen molar-refractivity contribution in [3.63, 3.8) is 0 Å². The molecule has 1 aliphatic rings. The number of halogens is 1. The van der Waals surface area contributed by atoms with Crippen molar-refractivity contribution < 1.29 is 14.3 Å². The van der Waals surface area contributed by atoms with Crippen LogP contribution < -0.4 is 10.1 Å². The smallest absolute Gasteiger partial charge is 0.332 e. The molecule has 0 bridgehead atoms. The third-order valence-electron chi connectivity index (χ3n) is 1.71. The van der Waals surface area contributed by atoms with Gasteiger partial charge in [-0.05, 0) is 6.07 Å². The minimum Gasteiger partial charge on any atom is -0.404 e. The molecule has 0 atom stereocenters. The lowest BCUT2D eigenvalue weighted by Gasteiger charge is -2.16. The molecular weight excluding hydrogens is 208 g/mol. The number of ether oxygens (including phenoxy) is 1. The average molecular weight is 213 g/mol. The minimum atomic E-state index is -0.441. The fourth-order valence-corrected chi connectivity index (χ4v) is 1.28. The Bertz CT molecular complexity index is 419. The molecule has 2 rings (SSSR count). The van der Waals surface area contributed by atoms with Crippen molar-refractivity contribution in [3.05, 3.63) is 16.8 Å². The van der Waals surface area contributed by atoms with Gasteiger partial charge in [0.1, 0.15) is 12.2 Å². The molecule has 5 nitrogen and oxygen atoms in total. The molecule has 0 saturated carbocycles. The van der Waals surface area contributed by atoms with Crippen LogP contribution in [0.2, 0.25) is 5.02 Å². The van der Waals surface area contributed by atoms with Crippen molar-refractivity contribution in [1.29, 1.82) is 0 Å². The molecule has 0 fully saturated rings. The molecule has 0 unspecified atom stereocenters. The first-order valence-electron chi connectivity index (χ1n) is 3.81. The number of pyridine rings is 1. The first-order chi connectivity index (χ1) is 6.70. The second kappa shape index (κ2) is 3.26. The van der Waals surface area contributed by atoms with Gasteiger partial charge in [0, 0.05) is 0 Å². The predicted molar refractivity (Wildman–Crippen MR) is 48.8 cm³/mol. The maximum atomic E-state index is 10.9. The molecule has 72 valence electrons. The highest BCUT2D eigenvalue weighted by molar-refractivity contribution is 6.33. The van der Waals surface area contributed by atoms with Crippen LogP contribution in [0.3, 0.4) is 0 Å². The Morgan fingerprint density at radius 3 is 3.14 bits per heavy atom. The molecule has 1 aromatic rings. The SMILES string of the molecule is O=Cc1nc2c(cc1Cl)NCC(=O)O2. The highest BCUT2D eigenvalue weighted by Crippen LogP contribution is 2.29. The van der Waals surface area contributed by atoms with E-state index >= 15 is 0 Å². The summed E-state index contributed by atoms with van der Waals surface area (Å²) < 4.78 is 4.80. The number of anilines is 1. The molecule has 0 amide bonds. The third-order valence-corrected chi connectivity index (χ3v) is 2.02. The summed E-state index contributed by atoms with van der Waals surface area (Å²) in [6.07, 6.45) is 0.505. The van der Waals surface area contributed by atoms with E-state index < -0.39 is 5.97 Å². The summed E-state index contributed by atoms with van der Waals surface area (Å²) >= 11 is 5.72. The molecule has 2 heterocycles. The number of carbonyl (C=O) groups excluding carboxylic acids is 2. The molecule has 1 aromatic heterocycles. The Hall–Kier alpha value is -1.62. The van der Waals surface area contributed by atoms with Gasteiger partial charge in [0.25, 0.3) is 0 Å². The summed E-state index contributed by atoms with van der Waals surface area (Å²) in [5.41, 5.74) is 0.571. The zero-order valence-electron chi connectivity index (χ0n) is 6.91. The fourth-order valence-electron chi connectivity index (χ4n) is 1.08. The van der Waals surface area contributed by atoms with Crippen molar-refractivity contribution in [2.24, 2.45) is 0 Å². The van der Waals surface area contributed by atoms with Crippen molar-refractivity contribution in [2.75, 3.05) is 11.9 Å². The minimum absolute atomic E-state index is 0.0573. The molecule has 0 radical (unpaired) electrons. The summed E-state index contributed by atoms with van der Waals surface area (Å²) in [7, 11) is 0. The topological polar surface area (TPSA) is 68.3 Å². The first-order valence-corrected chi connectivity index (χ1v) is 4.19. The van der Waals surface area contributed by atoms with Gasteiger partial charge in [-0.25, -0.2) is 9.78 Å². The Morgan fingerprint density at radius 1 is 1.64 bits per heavy atom. The number of aldehydes is 1. The van der Waals surface area contributed by atoms with Crippen LogP contribution in [-0.2, 0) is 4.79 Å². The second-order valence-electron chi connectivity index (χ2n) is 2.65. The molecule has 0 aliphatic carbocycles. The largest absolute Gasteiger partial charge is 0.404 e. The second-order valence-corrected chi connectivity index (χ2v) is 3.06. The normalized spacial score (nSPS) is 13.9. The van der Waals surface area contributed by atoms with Gasteiger partial charge < -0.3 is 10.1 Å². The number of hydrogen-bond acceptors (Lipinski definition) is 5. The maximum absolute atomic E-state index is 10.9. The van der Waals surface area contributed by atoms with E-state index in [0.29, 0.717) is 12.0 Å². The van der Waals surface area contributed by atoms with Crippen LogP contribution >= 0.6 is 11.6 Å². The van der Waals surface area contributed by atoms with Crippen LogP contribution in [-0.4, -0.2) is 23.8 Å². The summed E-state index contributed by atoms with van der Waals surface area (Å²) in [6, 6.07) is 1.50. The van der Waals surface area contributed by atoms with Gasteiger partial charge in [-0.3, -0.25) is 4.79 Å². The zero-order valence-corrected chi connectivity index (χ0v) is 7.67. The van der Waals surface area contributed by atoms with Gasteiger partial charge in [0.15, 0.2) is 6.29 Å². The van der Waals surface area contributed by atoms with Crippen LogP contribution in [0.1, 0.15) is 10.5 Å². The molecule has 0 aromatic carbocycles. The lowest BCUT2D eigenvalue weighted by atomic mass is 10.3. The van der Waals surface area contributed by atoms with Crippen molar-refractivity contribution in [2.45, 2.75) is 0 Å². The molecule has 1 N–H and O–H groups in total. The Balaban J connectivity index is 2.51. The van der Waals surface area contributed by atoms with E-state index in [1.165, 1.54) is 6.07 Å². The number of nitrogens with one attached hydrogen (secondary N) is 1. The van der Waals surface area contributed by atoms with E-state index in [2.05, 4.69) is 10.3 Å². The molecule has 0 saturated heterocycles. The van der Waals surface area contributed by atoms with E-state index in [9.17, 15) is 9.59 Å². The van der Waals surface area contributed by atoms with E-state index in [-0.39, 0.29) is 23.1 Å². The Morgan fingerprint density at radius 2 is 2.43 bits per heavy atom. The number of hydrogen-bond donors (Lipinski definition) is 1. The number of rotatable bonds is 1. The monoisotopic (exact) mass is 212 g/mol. The van der Waals surface area contributed by atoms with E-state index in [4.69, 9.17) is 16.3 Å². The highest BCUT2D eigenvalue weighted by Gasteiger charge is 2.19. The van der Waals surface area contributed by atoms with E-state index in [1.807, 2.05) is 0 Å². The standard InChI is InChI=1S/C8H5ClN2O3/c9-4-1-5-8(11-6(4)3-12)14-7(13)2-10-5/h1,3,10H,2H2. The number of nitrogens with zero attached hydrogens (tertiary/aromatic N) is 1. The number of carbonyl (C=O) groups is 2. The number of aromatic nitrogens is 1. The highest BCUT2D eigenvalue weighted by atomic mass is 35.5. The third kappa shape index (κ3) is 1.42. The molecule has 0 spiro atoms. The van der Waals surface area contributed by atoms with Crippen molar-refractivity contribution in [1.82, 2.24) is 4.98 Å². The lowest BCUT2D eigenvalue weighted by molar-refractivity contribution is -0.133. The Labute approximate surface area is 84.0 Å². The van der Waals surface area contributed by atoms with Gasteiger partial charge in [-0.1, -0.05) is 11.6 Å². The molecule has 1 aliphatic heterocycles. The van der Waals surface area contributed by atoms with Gasteiger partial charge >= 0.3 is 5.97 Å². The maximum Gasteiger partial charge on any atom is 0.332 e. The van der Waals surface area contributed by atoms with E-state index in [1.54, 1.807) is 0 Å². The van der Waals surface area contributed by atoms with Gasteiger partial charge in [-0.15, -0.1) is 0 Å². The molecule has 14 heavy (non-hydrogen) atoms. The summed E-state index contributed by atoms with van der Waals surface area (Å²) in [5, 5.41) is 2.99. The average Bonchev–Trinajstić information content (AvgIpc) is 2.17. The fraction of sp³-hybridized carbons (Fsp3) is 0.125. The summed E-state index contributed by atoms with van der Waals surface area (Å²) in [6.45, 7) is 0.0748. The van der Waals surface area contributed by atoms with Gasteiger partial charge in [0.2, 0.25) is 5.88 Å². The van der Waals surface area contributed by atoms with Crippen molar-refractivity contribution in [3.8, 4) is 5.88 Å². The Kier molecular flexibility index (Phi) is 2.09. The quantitative estimate of drug-likeness (QED) is 0.553. The van der Waals surface area contributed by atoms with Crippen LogP contribution in [0.4, 0.5) is 5.69 Å². The van der Waals surface area contributed by atoms with Gasteiger partial charge in [0.05, 0.1) is 10.7 Å². The zero-order chi connectivity index (χ0) is 10.1. The lowest BCUT2D eigenvalue weighted by Crippen LogP contribution is -2.25. The molecular formula is C8H5ClN2O3. The first kappa shape index (κ1) is 8.96. The van der Waals surface area contributed by atoms with Crippen LogP contribution in [0.15, 0.2) is 6.07 Å². The van der Waals surface area contributed by atoms with Gasteiger partial charge in [-0.2, -0.15) is 0 Å². The molecule has 6 heteroatoms. The van der Waals surface area contributed by atoms with E-state index in [0.717, 1.165) is 0 Å². The van der Waals surface area contributed by atoms with Crippen LogP contribution in [0, 0.1) is 0 Å². The number of esters is 1.